The molecule has 1 amide bonds. The van der Waals surface area contributed by atoms with Crippen LogP contribution in [0.1, 0.15) is 12.8 Å². The highest BCUT2D eigenvalue weighted by Gasteiger charge is 2.32. The van der Waals surface area contributed by atoms with Gasteiger partial charge in [-0.1, -0.05) is 0 Å². The summed E-state index contributed by atoms with van der Waals surface area (Å²) >= 11 is 0. The minimum absolute atomic E-state index is 0.0721. The number of likely N-dealkylation sites (N-methyl/N-ethyl adjacent to an activating group) is 1. The van der Waals surface area contributed by atoms with E-state index in [9.17, 15) is 9.59 Å². The van der Waals surface area contributed by atoms with Crippen LogP contribution in [0.2, 0.25) is 0 Å². The van der Waals surface area contributed by atoms with Crippen molar-refractivity contribution in [2.75, 3.05) is 20.1 Å². The Balaban J connectivity index is 2.44. The number of nitrogens with zero attached hydrogens (tertiary/aromatic N) is 1. The summed E-state index contributed by atoms with van der Waals surface area (Å²) in [6.45, 7) is 0.0956. The van der Waals surface area contributed by atoms with Crippen molar-refractivity contribution in [3.8, 4) is 0 Å². The van der Waals surface area contributed by atoms with Gasteiger partial charge in [0.2, 0.25) is 0 Å². The van der Waals surface area contributed by atoms with Gasteiger partial charge in [0, 0.05) is 13.6 Å². The standard InChI is InChI=1S/C9H16N2O4/c1-11(5-8(12)13)9(14)7-3-2-6(4-10)15-7/h6-7H,2-5,10H2,1H3,(H,12,13). The predicted molar refractivity (Wildman–Crippen MR) is 52.2 cm³/mol. The molecule has 1 saturated heterocycles. The highest BCUT2D eigenvalue weighted by molar-refractivity contribution is 5.84. The fraction of sp³-hybridized carbons (Fsp3) is 0.778. The van der Waals surface area contributed by atoms with Crippen LogP contribution in [0.15, 0.2) is 0 Å². The van der Waals surface area contributed by atoms with Gasteiger partial charge in [-0.15, -0.1) is 0 Å². The van der Waals surface area contributed by atoms with Crippen LogP contribution < -0.4 is 5.73 Å². The molecule has 1 aliphatic rings. The molecule has 6 heteroatoms. The molecule has 0 aliphatic carbocycles. The van der Waals surface area contributed by atoms with E-state index in [1.165, 1.54) is 7.05 Å². The highest BCUT2D eigenvalue weighted by atomic mass is 16.5. The molecule has 1 rings (SSSR count). The Hall–Kier alpha value is -1.14. The van der Waals surface area contributed by atoms with Crippen LogP contribution in [0.3, 0.4) is 0 Å². The Morgan fingerprint density at radius 3 is 2.67 bits per heavy atom. The number of amides is 1. The van der Waals surface area contributed by atoms with Crippen molar-refractivity contribution in [2.24, 2.45) is 5.73 Å². The fourth-order valence-electron chi connectivity index (χ4n) is 1.59. The van der Waals surface area contributed by atoms with Crippen molar-refractivity contribution < 1.29 is 19.4 Å². The second kappa shape index (κ2) is 5.09. The molecule has 1 fully saturated rings. The monoisotopic (exact) mass is 216 g/mol. The molecule has 86 valence electrons. The number of hydrogen-bond acceptors (Lipinski definition) is 4. The minimum Gasteiger partial charge on any atom is -0.480 e. The number of ether oxygens (including phenoxy) is 1. The van der Waals surface area contributed by atoms with Crippen LogP contribution >= 0.6 is 0 Å². The van der Waals surface area contributed by atoms with Gasteiger partial charge in [0.05, 0.1) is 6.10 Å². The summed E-state index contributed by atoms with van der Waals surface area (Å²) in [6.07, 6.45) is 0.776. The van der Waals surface area contributed by atoms with Crippen molar-refractivity contribution in [3.05, 3.63) is 0 Å². The lowest BCUT2D eigenvalue weighted by Crippen LogP contribution is -2.39. The van der Waals surface area contributed by atoms with Crippen LogP contribution in [0.5, 0.6) is 0 Å². The number of carbonyl (C=O) groups is 2. The Bertz CT molecular complexity index is 256. The maximum atomic E-state index is 11.6. The zero-order valence-corrected chi connectivity index (χ0v) is 8.68. The van der Waals surface area contributed by atoms with Gasteiger partial charge in [-0.25, -0.2) is 0 Å². The molecule has 0 aromatic heterocycles. The number of aliphatic carboxylic acids is 1. The van der Waals surface area contributed by atoms with Gasteiger partial charge in [-0.2, -0.15) is 0 Å². The molecule has 3 N–H and O–H groups in total. The van der Waals surface area contributed by atoms with Gasteiger partial charge >= 0.3 is 5.97 Å². The van der Waals surface area contributed by atoms with E-state index < -0.39 is 12.1 Å². The van der Waals surface area contributed by atoms with E-state index in [0.29, 0.717) is 13.0 Å². The van der Waals surface area contributed by atoms with E-state index in [0.717, 1.165) is 11.3 Å². The third kappa shape index (κ3) is 3.17. The first-order valence-electron chi connectivity index (χ1n) is 4.87. The fourth-order valence-corrected chi connectivity index (χ4v) is 1.59. The number of nitrogens with two attached hydrogens (primary N) is 1. The van der Waals surface area contributed by atoms with Crippen LogP contribution in [-0.2, 0) is 14.3 Å². The molecule has 15 heavy (non-hydrogen) atoms. The van der Waals surface area contributed by atoms with E-state index in [1.807, 2.05) is 0 Å². The van der Waals surface area contributed by atoms with Crippen molar-refractivity contribution in [1.29, 1.82) is 0 Å². The smallest absolute Gasteiger partial charge is 0.323 e. The third-order valence-electron chi connectivity index (χ3n) is 2.39. The Kier molecular flexibility index (Phi) is 4.05. The first-order chi connectivity index (χ1) is 7.04. The Labute approximate surface area is 88.0 Å². The molecule has 2 atom stereocenters. The second-order valence-electron chi connectivity index (χ2n) is 3.65. The molecule has 0 bridgehead atoms. The maximum absolute atomic E-state index is 11.6. The maximum Gasteiger partial charge on any atom is 0.323 e. The molecule has 0 radical (unpaired) electrons. The Morgan fingerprint density at radius 2 is 2.20 bits per heavy atom. The zero-order valence-electron chi connectivity index (χ0n) is 8.68. The summed E-state index contributed by atoms with van der Waals surface area (Å²) < 4.78 is 5.37. The molecule has 0 aromatic rings. The summed E-state index contributed by atoms with van der Waals surface area (Å²) in [5.74, 6) is -1.31. The molecular formula is C9H16N2O4. The van der Waals surface area contributed by atoms with E-state index in [-0.39, 0.29) is 18.6 Å². The zero-order chi connectivity index (χ0) is 11.4. The summed E-state index contributed by atoms with van der Waals surface area (Å²) in [7, 11) is 1.45. The van der Waals surface area contributed by atoms with Crippen molar-refractivity contribution in [1.82, 2.24) is 4.90 Å². The van der Waals surface area contributed by atoms with Crippen molar-refractivity contribution >= 4 is 11.9 Å². The molecular weight excluding hydrogens is 200 g/mol. The summed E-state index contributed by atoms with van der Waals surface area (Å²) in [4.78, 5) is 23.2. The molecule has 0 saturated carbocycles. The van der Waals surface area contributed by atoms with Gasteiger partial charge < -0.3 is 20.5 Å². The van der Waals surface area contributed by atoms with Crippen LogP contribution in [0, 0.1) is 0 Å². The minimum atomic E-state index is -1.03. The number of carbonyl (C=O) groups excluding carboxylic acids is 1. The van der Waals surface area contributed by atoms with Gasteiger partial charge in [0.25, 0.3) is 5.91 Å². The topological polar surface area (TPSA) is 92.9 Å². The lowest BCUT2D eigenvalue weighted by Gasteiger charge is -2.19. The average Bonchev–Trinajstić information content (AvgIpc) is 2.63. The second-order valence-corrected chi connectivity index (χ2v) is 3.65. The van der Waals surface area contributed by atoms with Crippen LogP contribution in [-0.4, -0.2) is 54.2 Å². The van der Waals surface area contributed by atoms with Crippen molar-refractivity contribution in [3.63, 3.8) is 0 Å². The van der Waals surface area contributed by atoms with Crippen LogP contribution in [0.4, 0.5) is 0 Å². The third-order valence-corrected chi connectivity index (χ3v) is 2.39. The number of rotatable bonds is 4. The van der Waals surface area contributed by atoms with Crippen molar-refractivity contribution in [2.45, 2.75) is 25.0 Å². The van der Waals surface area contributed by atoms with Gasteiger partial charge in [0.15, 0.2) is 0 Å². The predicted octanol–water partition coefficient (Wildman–Crippen LogP) is -0.964. The van der Waals surface area contributed by atoms with Gasteiger partial charge in [-0.3, -0.25) is 9.59 Å². The van der Waals surface area contributed by atoms with Gasteiger partial charge in [-0.05, 0) is 12.8 Å². The quantitative estimate of drug-likeness (QED) is 0.631. The average molecular weight is 216 g/mol. The SMILES string of the molecule is CN(CC(=O)O)C(=O)C1CCC(CN)O1. The highest BCUT2D eigenvalue weighted by Crippen LogP contribution is 2.20. The molecule has 1 heterocycles. The number of carboxylic acid groups (broad SMARTS) is 1. The molecule has 1 aliphatic heterocycles. The molecule has 0 spiro atoms. The van der Waals surface area contributed by atoms with E-state index >= 15 is 0 Å². The Morgan fingerprint density at radius 1 is 1.53 bits per heavy atom. The number of carboxylic acids is 1. The number of hydrogen-bond donors (Lipinski definition) is 2. The van der Waals surface area contributed by atoms with Gasteiger partial charge in [0.1, 0.15) is 12.6 Å². The summed E-state index contributed by atoms with van der Waals surface area (Å²) in [6, 6.07) is 0. The first-order valence-corrected chi connectivity index (χ1v) is 4.87. The lowest BCUT2D eigenvalue weighted by atomic mass is 10.2. The van der Waals surface area contributed by atoms with E-state index in [1.54, 1.807) is 0 Å². The molecule has 6 nitrogen and oxygen atoms in total. The van der Waals surface area contributed by atoms with E-state index in [2.05, 4.69) is 0 Å². The summed E-state index contributed by atoms with van der Waals surface area (Å²) in [5, 5.41) is 8.52. The largest absolute Gasteiger partial charge is 0.480 e. The first kappa shape index (κ1) is 11.9. The molecule has 0 aromatic carbocycles. The van der Waals surface area contributed by atoms with Crippen LogP contribution in [0.25, 0.3) is 0 Å². The molecule has 2 unspecified atom stereocenters. The summed E-state index contributed by atoms with van der Waals surface area (Å²) in [5.41, 5.74) is 5.41. The normalized spacial score (nSPS) is 25.2. The van der Waals surface area contributed by atoms with E-state index in [4.69, 9.17) is 15.6 Å². The lowest BCUT2D eigenvalue weighted by molar-refractivity contribution is -0.148.